The van der Waals surface area contributed by atoms with Crippen LogP contribution in [0.25, 0.3) is 0 Å². The predicted molar refractivity (Wildman–Crippen MR) is 84.0 cm³/mol. The number of sulfone groups is 1. The molecule has 3 heterocycles. The molecule has 7 nitrogen and oxygen atoms in total. The normalized spacial score (nSPS) is 25.6. The number of piperidine rings is 1. The van der Waals surface area contributed by atoms with Crippen molar-refractivity contribution in [3.05, 3.63) is 18.3 Å². The van der Waals surface area contributed by atoms with E-state index in [9.17, 15) is 13.2 Å². The van der Waals surface area contributed by atoms with Crippen molar-refractivity contribution in [3.8, 4) is 5.75 Å². The Kier molecular flexibility index (Phi) is 4.54. The number of rotatable bonds is 4. The second kappa shape index (κ2) is 6.45. The number of carbonyl (C=O) groups excluding carboxylic acids is 1. The van der Waals surface area contributed by atoms with Crippen molar-refractivity contribution >= 4 is 15.7 Å². The van der Waals surface area contributed by atoms with Gasteiger partial charge in [0.2, 0.25) is 5.91 Å². The first-order valence-corrected chi connectivity index (χ1v) is 9.67. The summed E-state index contributed by atoms with van der Waals surface area (Å²) in [4.78, 5) is 17.9. The van der Waals surface area contributed by atoms with Gasteiger partial charge in [0, 0.05) is 25.8 Å². The molecule has 8 heteroatoms. The van der Waals surface area contributed by atoms with E-state index in [0.29, 0.717) is 18.7 Å². The summed E-state index contributed by atoms with van der Waals surface area (Å²) in [6.45, 7) is 2.30. The number of aromatic nitrogens is 1. The predicted octanol–water partition coefficient (Wildman–Crippen LogP) is 0.217. The average Bonchev–Trinajstić information content (AvgIpc) is 2.93. The maximum absolute atomic E-state index is 12.0. The van der Waals surface area contributed by atoms with E-state index in [1.807, 2.05) is 4.90 Å². The van der Waals surface area contributed by atoms with E-state index in [-0.39, 0.29) is 23.1 Å². The second-order valence-electron chi connectivity index (χ2n) is 6.01. The Morgan fingerprint density at radius 3 is 2.83 bits per heavy atom. The molecular weight excluding hydrogens is 318 g/mol. The van der Waals surface area contributed by atoms with Crippen LogP contribution >= 0.6 is 0 Å². The summed E-state index contributed by atoms with van der Waals surface area (Å²) in [5, 5.41) is 3.31. The maximum Gasteiger partial charge on any atom is 0.223 e. The lowest BCUT2D eigenvalue weighted by atomic mass is 10.0. The topological polar surface area (TPSA) is 88.6 Å². The van der Waals surface area contributed by atoms with E-state index < -0.39 is 9.84 Å². The standard InChI is InChI=1S/C15H21N3O4S/c1-23(20,21)14-5-4-11(9-17-14)22-13-10-16-7-6-12(13)18-8-2-3-15(18)19/h4-5,9,12-13,16H,2-3,6-8,10H2,1H3/t12?,13-/m1/s1. The van der Waals surface area contributed by atoms with Crippen molar-refractivity contribution in [2.75, 3.05) is 25.9 Å². The molecule has 0 bridgehead atoms. The third-order valence-corrected chi connectivity index (χ3v) is 5.28. The molecular formula is C15H21N3O4S. The van der Waals surface area contributed by atoms with E-state index >= 15 is 0 Å². The number of nitrogens with zero attached hydrogens (tertiary/aromatic N) is 2. The Labute approximate surface area is 135 Å². The SMILES string of the molecule is CS(=O)(=O)c1ccc(O[C@@H]2CNCCC2N2CCCC2=O)cn1. The van der Waals surface area contributed by atoms with E-state index in [2.05, 4.69) is 10.3 Å². The van der Waals surface area contributed by atoms with Crippen LogP contribution in [0, 0.1) is 0 Å². The summed E-state index contributed by atoms with van der Waals surface area (Å²) in [6, 6.07) is 3.11. The third-order valence-electron chi connectivity index (χ3n) is 4.28. The Morgan fingerprint density at radius 2 is 2.22 bits per heavy atom. The quantitative estimate of drug-likeness (QED) is 0.844. The van der Waals surface area contributed by atoms with E-state index in [4.69, 9.17) is 4.74 Å². The molecule has 2 aliphatic rings. The largest absolute Gasteiger partial charge is 0.485 e. The highest BCUT2D eigenvalue weighted by atomic mass is 32.2. The fourth-order valence-corrected chi connectivity index (χ4v) is 3.70. The van der Waals surface area contributed by atoms with Crippen LogP contribution in [0.4, 0.5) is 0 Å². The summed E-state index contributed by atoms with van der Waals surface area (Å²) in [6.07, 6.45) is 4.76. The van der Waals surface area contributed by atoms with Crippen LogP contribution in [0.1, 0.15) is 19.3 Å². The summed E-state index contributed by atoms with van der Waals surface area (Å²) in [7, 11) is -3.32. The van der Waals surface area contributed by atoms with Gasteiger partial charge in [0.15, 0.2) is 14.9 Å². The molecule has 1 aromatic rings. The minimum atomic E-state index is -3.32. The molecule has 126 valence electrons. The van der Waals surface area contributed by atoms with Crippen molar-refractivity contribution in [2.24, 2.45) is 0 Å². The highest BCUT2D eigenvalue weighted by molar-refractivity contribution is 7.90. The van der Waals surface area contributed by atoms with E-state index in [0.717, 1.165) is 32.2 Å². The summed E-state index contributed by atoms with van der Waals surface area (Å²) >= 11 is 0. The lowest BCUT2D eigenvalue weighted by Crippen LogP contribution is -2.55. The van der Waals surface area contributed by atoms with E-state index in [1.165, 1.54) is 12.3 Å². The molecule has 2 fully saturated rings. The van der Waals surface area contributed by atoms with Gasteiger partial charge in [-0.05, 0) is 31.5 Å². The van der Waals surface area contributed by atoms with Gasteiger partial charge in [-0.2, -0.15) is 0 Å². The monoisotopic (exact) mass is 339 g/mol. The van der Waals surface area contributed by atoms with Crippen LogP contribution in [0.3, 0.4) is 0 Å². The second-order valence-corrected chi connectivity index (χ2v) is 7.97. The highest BCUT2D eigenvalue weighted by Crippen LogP contribution is 2.23. The number of likely N-dealkylation sites (tertiary alicyclic amines) is 1. The van der Waals surface area contributed by atoms with Crippen LogP contribution in [-0.4, -0.2) is 62.2 Å². The van der Waals surface area contributed by atoms with Gasteiger partial charge in [0.1, 0.15) is 11.9 Å². The van der Waals surface area contributed by atoms with Crippen LogP contribution in [0.15, 0.2) is 23.4 Å². The van der Waals surface area contributed by atoms with Gasteiger partial charge in [0.25, 0.3) is 0 Å². The fourth-order valence-electron chi connectivity index (χ4n) is 3.14. The van der Waals surface area contributed by atoms with Crippen LogP contribution < -0.4 is 10.1 Å². The number of ether oxygens (including phenoxy) is 1. The van der Waals surface area contributed by atoms with Crippen molar-refractivity contribution < 1.29 is 17.9 Å². The summed E-state index contributed by atoms with van der Waals surface area (Å²) in [5.74, 6) is 0.707. The molecule has 1 N–H and O–H groups in total. The summed E-state index contributed by atoms with van der Waals surface area (Å²) < 4.78 is 28.9. The van der Waals surface area contributed by atoms with Gasteiger partial charge in [-0.25, -0.2) is 13.4 Å². The van der Waals surface area contributed by atoms with E-state index in [1.54, 1.807) is 6.07 Å². The average molecular weight is 339 g/mol. The Bertz CT molecular complexity index is 674. The van der Waals surface area contributed by atoms with Crippen molar-refractivity contribution in [1.29, 1.82) is 0 Å². The molecule has 0 spiro atoms. The maximum atomic E-state index is 12.0. The highest BCUT2D eigenvalue weighted by Gasteiger charge is 2.36. The van der Waals surface area contributed by atoms with Gasteiger partial charge in [-0.15, -0.1) is 0 Å². The number of pyridine rings is 1. The van der Waals surface area contributed by atoms with Crippen LogP contribution in [-0.2, 0) is 14.6 Å². The van der Waals surface area contributed by atoms with Gasteiger partial charge in [0.05, 0.1) is 12.2 Å². The molecule has 2 atom stereocenters. The molecule has 0 aliphatic carbocycles. The molecule has 2 saturated heterocycles. The number of hydrogen-bond donors (Lipinski definition) is 1. The summed E-state index contributed by atoms with van der Waals surface area (Å²) in [5.41, 5.74) is 0. The lowest BCUT2D eigenvalue weighted by Gasteiger charge is -2.38. The van der Waals surface area contributed by atoms with Crippen LogP contribution in [0.5, 0.6) is 5.75 Å². The molecule has 23 heavy (non-hydrogen) atoms. The van der Waals surface area contributed by atoms with Crippen LogP contribution in [0.2, 0.25) is 0 Å². The third kappa shape index (κ3) is 3.64. The minimum absolute atomic E-state index is 0.0258. The fraction of sp³-hybridized carbons (Fsp3) is 0.600. The van der Waals surface area contributed by atoms with Crippen molar-refractivity contribution in [1.82, 2.24) is 15.2 Å². The van der Waals surface area contributed by atoms with Crippen molar-refractivity contribution in [2.45, 2.75) is 36.4 Å². The van der Waals surface area contributed by atoms with Gasteiger partial charge in [-0.3, -0.25) is 4.79 Å². The molecule has 0 saturated carbocycles. The molecule has 0 radical (unpaired) electrons. The molecule has 2 aliphatic heterocycles. The van der Waals surface area contributed by atoms with Gasteiger partial charge >= 0.3 is 0 Å². The molecule has 1 amide bonds. The zero-order chi connectivity index (χ0) is 16.4. The number of nitrogens with one attached hydrogen (secondary N) is 1. The lowest BCUT2D eigenvalue weighted by molar-refractivity contribution is -0.132. The molecule has 1 aromatic heterocycles. The van der Waals surface area contributed by atoms with Gasteiger partial charge < -0.3 is 15.0 Å². The minimum Gasteiger partial charge on any atom is -0.485 e. The first-order valence-electron chi connectivity index (χ1n) is 7.78. The molecule has 0 aromatic carbocycles. The number of carbonyl (C=O) groups is 1. The first-order chi connectivity index (χ1) is 10.9. The Morgan fingerprint density at radius 1 is 1.39 bits per heavy atom. The van der Waals surface area contributed by atoms with Crippen molar-refractivity contribution in [3.63, 3.8) is 0 Å². The smallest absolute Gasteiger partial charge is 0.223 e. The first kappa shape index (κ1) is 16.2. The molecule has 3 rings (SSSR count). The Balaban J connectivity index is 1.73. The zero-order valence-corrected chi connectivity index (χ0v) is 13.9. The number of amides is 1. The number of hydrogen-bond acceptors (Lipinski definition) is 6. The zero-order valence-electron chi connectivity index (χ0n) is 13.1. The van der Waals surface area contributed by atoms with Gasteiger partial charge in [-0.1, -0.05) is 0 Å². The molecule has 1 unspecified atom stereocenters. The Hall–Kier alpha value is -1.67.